The van der Waals surface area contributed by atoms with Crippen LogP contribution in [0.3, 0.4) is 0 Å². The van der Waals surface area contributed by atoms with Gasteiger partial charge in [0.2, 0.25) is 11.8 Å². The van der Waals surface area contributed by atoms with Crippen LogP contribution < -0.4 is 10.6 Å². The van der Waals surface area contributed by atoms with Crippen molar-refractivity contribution in [3.8, 4) is 0 Å². The van der Waals surface area contributed by atoms with Crippen molar-refractivity contribution in [1.29, 1.82) is 0 Å². The molecule has 0 aromatic carbocycles. The predicted octanol–water partition coefficient (Wildman–Crippen LogP) is -9.97. The van der Waals surface area contributed by atoms with Crippen molar-refractivity contribution in [3.05, 3.63) is 0 Å². The molecule has 0 aliphatic carbocycles. The van der Waals surface area contributed by atoms with Gasteiger partial charge in [-0.15, -0.1) is 0 Å². The summed E-state index contributed by atoms with van der Waals surface area (Å²) in [7, 11) is 0. The predicted molar refractivity (Wildman–Crippen MR) is 182 cm³/mol. The maximum absolute atomic E-state index is 12.6. The van der Waals surface area contributed by atoms with Gasteiger partial charge in [0, 0.05) is 13.8 Å². The number of hydrogen-bond acceptors (Lipinski definition) is 24. The summed E-state index contributed by atoms with van der Waals surface area (Å²) in [6, 6.07) is -3.25. The SMILES string of the molecule is CC(=O)N[C@@H]1[C@@H](O[C@H]2O[C@H](C)[C@H](O)[C@H](O)[C@H]2O)[C@H](O[C@@H]2O[C@H](CO)[C@@H](O[C@@H]3O[C@H](CO)[C@@H](O)[C@H](O)[C@@H]3O[C@@H]3OC[C@@H](O)[C@H](O)[C@H]3O)[C@H](O)[C@H]2NC(C)=O)[C@@H](CO)O[C@H]1O. The first-order valence-corrected chi connectivity index (χ1v) is 18.9. The molecule has 5 aliphatic rings. The molecule has 5 heterocycles. The summed E-state index contributed by atoms with van der Waals surface area (Å²) in [5.41, 5.74) is 0. The van der Waals surface area contributed by atoms with Gasteiger partial charge in [-0.2, -0.15) is 0 Å². The van der Waals surface area contributed by atoms with E-state index in [1.165, 1.54) is 6.92 Å². The molecule has 5 saturated heterocycles. The van der Waals surface area contributed by atoms with Gasteiger partial charge < -0.3 is 120 Å². The third-order valence-electron chi connectivity index (χ3n) is 10.7. The molecule has 0 unspecified atom stereocenters. The number of carbonyl (C=O) groups excluding carboxylic acids is 2. The highest BCUT2D eigenvalue weighted by Crippen LogP contribution is 2.36. The molecule has 26 nitrogen and oxygen atoms in total. The summed E-state index contributed by atoms with van der Waals surface area (Å²) in [6.07, 6.45) is -38.2. The molecule has 26 heteroatoms. The van der Waals surface area contributed by atoms with Crippen LogP contribution in [-0.4, -0.2) is 252 Å². The zero-order valence-electron chi connectivity index (χ0n) is 32.0. The molecule has 0 bridgehead atoms. The molecule has 24 atom stereocenters. The smallest absolute Gasteiger partial charge is 0.217 e. The number of nitrogens with one attached hydrogen (secondary N) is 2. The number of aliphatic hydroxyl groups is 13. The van der Waals surface area contributed by atoms with Gasteiger partial charge in [-0.3, -0.25) is 9.59 Å². The van der Waals surface area contributed by atoms with E-state index >= 15 is 0 Å². The Morgan fingerprint density at radius 2 is 1.03 bits per heavy atom. The van der Waals surface area contributed by atoms with Crippen LogP contribution in [0.1, 0.15) is 20.8 Å². The molecule has 5 fully saturated rings. The van der Waals surface area contributed by atoms with Crippen LogP contribution in [0.5, 0.6) is 0 Å². The molecule has 5 aliphatic heterocycles. The second kappa shape index (κ2) is 20.5. The molecule has 15 N–H and O–H groups in total. The Morgan fingerprint density at radius 3 is 1.64 bits per heavy atom. The minimum Gasteiger partial charge on any atom is -0.394 e. The van der Waals surface area contributed by atoms with Crippen LogP contribution in [0.15, 0.2) is 0 Å². The number of ether oxygens (including phenoxy) is 9. The third kappa shape index (κ3) is 10.5. The van der Waals surface area contributed by atoms with Gasteiger partial charge in [-0.05, 0) is 6.92 Å². The average molecular weight is 865 g/mol. The van der Waals surface area contributed by atoms with Gasteiger partial charge in [0.25, 0.3) is 0 Å². The van der Waals surface area contributed by atoms with Crippen molar-refractivity contribution in [2.24, 2.45) is 0 Å². The molecular weight excluding hydrogens is 808 g/mol. The van der Waals surface area contributed by atoms with Crippen molar-refractivity contribution < 1.29 is 119 Å². The molecule has 5 rings (SSSR count). The summed E-state index contributed by atoms with van der Waals surface area (Å²) in [5, 5.41) is 142. The first-order valence-electron chi connectivity index (χ1n) is 18.9. The number of aliphatic hydroxyl groups excluding tert-OH is 13. The molecular formula is C33H56N2O24. The zero-order valence-corrected chi connectivity index (χ0v) is 32.0. The first-order chi connectivity index (χ1) is 27.8. The lowest BCUT2D eigenvalue weighted by molar-refractivity contribution is -0.386. The fraction of sp³-hybridized carbons (Fsp3) is 0.939. The topological polar surface area (TPSA) is 404 Å². The fourth-order valence-corrected chi connectivity index (χ4v) is 7.48. The highest BCUT2D eigenvalue weighted by molar-refractivity contribution is 5.73. The lowest BCUT2D eigenvalue weighted by Gasteiger charge is -2.51. The molecule has 0 aromatic heterocycles. The summed E-state index contributed by atoms with van der Waals surface area (Å²) < 4.78 is 51.8. The van der Waals surface area contributed by atoms with Gasteiger partial charge in [0.1, 0.15) is 110 Å². The molecule has 0 radical (unpaired) electrons. The van der Waals surface area contributed by atoms with Crippen LogP contribution in [0.25, 0.3) is 0 Å². The summed E-state index contributed by atoms with van der Waals surface area (Å²) in [5.74, 6) is -1.52. The summed E-state index contributed by atoms with van der Waals surface area (Å²) in [6.45, 7) is 0.185. The van der Waals surface area contributed by atoms with Crippen molar-refractivity contribution in [2.75, 3.05) is 26.4 Å². The Kier molecular flexibility index (Phi) is 16.7. The Balaban J connectivity index is 1.45. The van der Waals surface area contributed by atoms with Gasteiger partial charge in [0.15, 0.2) is 31.5 Å². The van der Waals surface area contributed by atoms with Gasteiger partial charge in [-0.1, -0.05) is 0 Å². The Morgan fingerprint density at radius 1 is 0.508 bits per heavy atom. The van der Waals surface area contributed by atoms with Crippen molar-refractivity contribution >= 4 is 11.8 Å². The summed E-state index contributed by atoms with van der Waals surface area (Å²) in [4.78, 5) is 24.8. The zero-order chi connectivity index (χ0) is 43.6. The first kappa shape index (κ1) is 48.1. The van der Waals surface area contributed by atoms with Crippen LogP contribution in [0.2, 0.25) is 0 Å². The van der Waals surface area contributed by atoms with Crippen LogP contribution in [-0.2, 0) is 52.2 Å². The fourth-order valence-electron chi connectivity index (χ4n) is 7.48. The molecule has 342 valence electrons. The number of hydrogen-bond donors (Lipinski definition) is 15. The highest BCUT2D eigenvalue weighted by atomic mass is 16.8. The molecule has 0 saturated carbocycles. The largest absolute Gasteiger partial charge is 0.394 e. The molecule has 2 amide bonds. The van der Waals surface area contributed by atoms with Crippen LogP contribution in [0.4, 0.5) is 0 Å². The van der Waals surface area contributed by atoms with E-state index in [4.69, 9.17) is 42.6 Å². The second-order valence-corrected chi connectivity index (χ2v) is 15.0. The van der Waals surface area contributed by atoms with Gasteiger partial charge in [0.05, 0.1) is 32.5 Å². The quantitative estimate of drug-likeness (QED) is 0.0817. The lowest BCUT2D eigenvalue weighted by atomic mass is 9.93. The second-order valence-electron chi connectivity index (χ2n) is 15.0. The molecule has 59 heavy (non-hydrogen) atoms. The van der Waals surface area contributed by atoms with Crippen molar-refractivity contribution in [1.82, 2.24) is 10.6 Å². The van der Waals surface area contributed by atoms with E-state index in [1.807, 2.05) is 0 Å². The van der Waals surface area contributed by atoms with Crippen molar-refractivity contribution in [2.45, 2.75) is 168 Å². The summed E-state index contributed by atoms with van der Waals surface area (Å²) >= 11 is 0. The minimum atomic E-state index is -1.97. The highest BCUT2D eigenvalue weighted by Gasteiger charge is 2.57. The molecule has 0 aromatic rings. The maximum atomic E-state index is 12.6. The van der Waals surface area contributed by atoms with E-state index in [2.05, 4.69) is 10.6 Å². The number of rotatable bonds is 13. The normalized spacial score (nSPS) is 49.6. The van der Waals surface area contributed by atoms with Crippen LogP contribution in [0, 0.1) is 0 Å². The van der Waals surface area contributed by atoms with E-state index in [9.17, 15) is 76.0 Å². The number of amides is 2. The average Bonchev–Trinajstić information content (AvgIpc) is 3.19. The monoisotopic (exact) mass is 864 g/mol. The van der Waals surface area contributed by atoms with E-state index in [0.717, 1.165) is 13.8 Å². The minimum absolute atomic E-state index is 0.528. The van der Waals surface area contributed by atoms with E-state index < -0.39 is 186 Å². The standard InChI is InChI=1S/C33H56N2O24/c1-8-17(42)21(46)24(49)32(52-8)58-27-16(35-10(3)40)29(50)53-14(6-38)26(27)57-30-15(34-9(2)39)20(45)25(13(5-37)55-30)56-33-28(22(47)19(44)12(4-36)54-33)59-31-23(48)18(43)11(41)7-51-31/h8,11-33,36-38,41-50H,4-7H2,1-3H3,(H,34,39)(H,35,40)/t8-,11-,12-,13-,14-,15-,16-,17+,18+,19-,20-,21+,22+,23-,24-,25-,26-,27-,28+,29-,30+,31+,32-,33+/m1/s1. The van der Waals surface area contributed by atoms with E-state index in [0.29, 0.717) is 0 Å². The Hall–Kier alpha value is -1.94. The van der Waals surface area contributed by atoms with E-state index in [1.54, 1.807) is 0 Å². The van der Waals surface area contributed by atoms with Crippen molar-refractivity contribution in [3.63, 3.8) is 0 Å². The maximum Gasteiger partial charge on any atom is 0.217 e. The number of carbonyl (C=O) groups is 2. The van der Waals surface area contributed by atoms with Gasteiger partial charge in [-0.25, -0.2) is 0 Å². The lowest BCUT2D eigenvalue weighted by Crippen LogP contribution is -2.71. The third-order valence-corrected chi connectivity index (χ3v) is 10.7. The Bertz CT molecular complexity index is 1370. The molecule has 0 spiro atoms. The van der Waals surface area contributed by atoms with Crippen LogP contribution >= 0.6 is 0 Å². The van der Waals surface area contributed by atoms with E-state index in [-0.39, 0.29) is 0 Å². The van der Waals surface area contributed by atoms with Gasteiger partial charge >= 0.3 is 0 Å². The Labute approximate surface area is 335 Å².